The third kappa shape index (κ3) is 5.50. The molecule has 4 heteroatoms. The number of hydrogen-bond acceptors (Lipinski definition) is 3. The molecule has 2 aliphatic rings. The highest BCUT2D eigenvalue weighted by atomic mass is 16.6. The summed E-state index contributed by atoms with van der Waals surface area (Å²) in [6.07, 6.45) is 7.40. The maximum atomic E-state index is 12.3. The molecule has 0 bridgehead atoms. The molecule has 1 N–H and O–H groups in total. The van der Waals surface area contributed by atoms with Crippen molar-refractivity contribution in [1.29, 1.82) is 0 Å². The van der Waals surface area contributed by atoms with Crippen molar-refractivity contribution in [2.24, 2.45) is 5.92 Å². The summed E-state index contributed by atoms with van der Waals surface area (Å²) in [6.45, 7) is 9.77. The predicted molar refractivity (Wildman–Crippen MR) is 85.4 cm³/mol. The molecule has 0 aliphatic heterocycles. The number of carbonyl (C=O) groups excluding carboxylic acids is 1. The van der Waals surface area contributed by atoms with Crippen molar-refractivity contribution >= 4 is 6.09 Å². The first-order valence-corrected chi connectivity index (χ1v) is 8.60. The number of ether oxygens (including phenoxy) is 1. The van der Waals surface area contributed by atoms with Crippen LogP contribution in [0.4, 0.5) is 4.79 Å². The van der Waals surface area contributed by atoms with Gasteiger partial charge in [0.2, 0.25) is 0 Å². The Morgan fingerprint density at radius 1 is 1.19 bits per heavy atom. The second-order valence-corrected chi connectivity index (χ2v) is 7.73. The first kappa shape index (κ1) is 16.6. The Bertz CT molecular complexity index is 347. The van der Waals surface area contributed by atoms with Gasteiger partial charge in [0, 0.05) is 25.2 Å². The maximum absolute atomic E-state index is 12.3. The fraction of sp³-hybridized carbons (Fsp3) is 0.941. The minimum Gasteiger partial charge on any atom is -0.444 e. The monoisotopic (exact) mass is 296 g/mol. The van der Waals surface area contributed by atoms with Gasteiger partial charge in [-0.05, 0) is 52.4 Å². The molecule has 0 saturated heterocycles. The molecule has 0 heterocycles. The van der Waals surface area contributed by atoms with Gasteiger partial charge in [0.15, 0.2) is 0 Å². The van der Waals surface area contributed by atoms with Crippen LogP contribution in [-0.4, -0.2) is 41.8 Å². The number of amides is 1. The van der Waals surface area contributed by atoms with Crippen molar-refractivity contribution < 1.29 is 9.53 Å². The third-order valence-electron chi connectivity index (χ3n) is 4.49. The molecular weight excluding hydrogens is 264 g/mol. The summed E-state index contributed by atoms with van der Waals surface area (Å²) in [7, 11) is 0. The molecule has 2 rings (SSSR count). The zero-order valence-electron chi connectivity index (χ0n) is 14.2. The van der Waals surface area contributed by atoms with Crippen LogP contribution in [0.25, 0.3) is 0 Å². The van der Waals surface area contributed by atoms with Crippen LogP contribution in [0.1, 0.15) is 66.2 Å². The van der Waals surface area contributed by atoms with Gasteiger partial charge in [-0.15, -0.1) is 0 Å². The van der Waals surface area contributed by atoms with Gasteiger partial charge in [0.25, 0.3) is 0 Å². The SMILES string of the molecule is CC1CCCCC1NCCN(C(=O)OC(C)(C)C)C1CC1. The molecule has 2 unspecified atom stereocenters. The van der Waals surface area contributed by atoms with E-state index in [1.807, 2.05) is 25.7 Å². The van der Waals surface area contributed by atoms with Gasteiger partial charge in [0.1, 0.15) is 5.60 Å². The lowest BCUT2D eigenvalue weighted by molar-refractivity contribution is 0.0233. The van der Waals surface area contributed by atoms with Gasteiger partial charge >= 0.3 is 6.09 Å². The van der Waals surface area contributed by atoms with E-state index in [4.69, 9.17) is 4.74 Å². The smallest absolute Gasteiger partial charge is 0.410 e. The van der Waals surface area contributed by atoms with Crippen LogP contribution in [0.3, 0.4) is 0 Å². The van der Waals surface area contributed by atoms with Gasteiger partial charge in [-0.2, -0.15) is 0 Å². The first-order chi connectivity index (χ1) is 9.87. The number of carbonyl (C=O) groups is 1. The molecule has 122 valence electrons. The van der Waals surface area contributed by atoms with Crippen molar-refractivity contribution in [2.75, 3.05) is 13.1 Å². The molecule has 0 aromatic rings. The number of rotatable bonds is 5. The van der Waals surface area contributed by atoms with Crippen molar-refractivity contribution in [2.45, 2.75) is 83.9 Å². The Morgan fingerprint density at radius 2 is 1.86 bits per heavy atom. The summed E-state index contributed by atoms with van der Waals surface area (Å²) in [4.78, 5) is 14.2. The fourth-order valence-corrected chi connectivity index (χ4v) is 3.12. The average molecular weight is 296 g/mol. The number of hydrogen-bond donors (Lipinski definition) is 1. The predicted octanol–water partition coefficient (Wildman–Crippen LogP) is 3.55. The minimum absolute atomic E-state index is 0.150. The quantitative estimate of drug-likeness (QED) is 0.843. The summed E-state index contributed by atoms with van der Waals surface area (Å²) < 4.78 is 5.52. The summed E-state index contributed by atoms with van der Waals surface area (Å²) in [5.41, 5.74) is -0.407. The van der Waals surface area contributed by atoms with E-state index in [1.165, 1.54) is 25.7 Å². The van der Waals surface area contributed by atoms with Crippen LogP contribution in [0.5, 0.6) is 0 Å². The zero-order chi connectivity index (χ0) is 15.5. The summed E-state index contributed by atoms with van der Waals surface area (Å²) in [5.74, 6) is 0.759. The van der Waals surface area contributed by atoms with Crippen molar-refractivity contribution in [1.82, 2.24) is 10.2 Å². The zero-order valence-corrected chi connectivity index (χ0v) is 14.2. The van der Waals surface area contributed by atoms with Gasteiger partial charge in [-0.3, -0.25) is 0 Å². The molecule has 1 amide bonds. The molecular formula is C17H32N2O2. The van der Waals surface area contributed by atoms with Crippen LogP contribution in [0, 0.1) is 5.92 Å². The molecule has 0 spiro atoms. The second-order valence-electron chi connectivity index (χ2n) is 7.73. The molecule has 2 fully saturated rings. The van der Waals surface area contributed by atoms with E-state index in [2.05, 4.69) is 12.2 Å². The van der Waals surface area contributed by atoms with E-state index in [9.17, 15) is 4.79 Å². The lowest BCUT2D eigenvalue weighted by Crippen LogP contribution is -2.45. The standard InChI is InChI=1S/C17H32N2O2/c1-13-7-5-6-8-15(13)18-11-12-19(14-9-10-14)16(20)21-17(2,3)4/h13-15,18H,5-12H2,1-4H3. The number of nitrogens with zero attached hydrogens (tertiary/aromatic N) is 1. The van der Waals surface area contributed by atoms with Crippen LogP contribution >= 0.6 is 0 Å². The van der Waals surface area contributed by atoms with Crippen LogP contribution in [0.2, 0.25) is 0 Å². The molecule has 2 saturated carbocycles. The highest BCUT2D eigenvalue weighted by Crippen LogP contribution is 2.28. The van der Waals surface area contributed by atoms with E-state index in [0.29, 0.717) is 12.1 Å². The van der Waals surface area contributed by atoms with Gasteiger partial charge in [0.05, 0.1) is 0 Å². The van der Waals surface area contributed by atoms with E-state index in [0.717, 1.165) is 31.8 Å². The average Bonchev–Trinajstić information content (AvgIpc) is 3.18. The lowest BCUT2D eigenvalue weighted by Gasteiger charge is -2.31. The van der Waals surface area contributed by atoms with E-state index >= 15 is 0 Å². The third-order valence-corrected chi connectivity index (χ3v) is 4.49. The molecule has 0 aromatic heterocycles. The largest absolute Gasteiger partial charge is 0.444 e. The van der Waals surface area contributed by atoms with E-state index in [1.54, 1.807) is 0 Å². The molecule has 2 aliphatic carbocycles. The molecule has 2 atom stereocenters. The summed E-state index contributed by atoms with van der Waals surface area (Å²) >= 11 is 0. The Labute approximate surface area is 129 Å². The topological polar surface area (TPSA) is 41.6 Å². The van der Waals surface area contributed by atoms with Gasteiger partial charge in [-0.1, -0.05) is 19.8 Å². The number of nitrogens with one attached hydrogen (secondary N) is 1. The molecule has 21 heavy (non-hydrogen) atoms. The minimum atomic E-state index is -0.407. The van der Waals surface area contributed by atoms with Crippen LogP contribution in [-0.2, 0) is 4.74 Å². The maximum Gasteiger partial charge on any atom is 0.410 e. The van der Waals surface area contributed by atoms with Gasteiger partial charge < -0.3 is 15.0 Å². The first-order valence-electron chi connectivity index (χ1n) is 8.60. The van der Waals surface area contributed by atoms with E-state index in [-0.39, 0.29) is 6.09 Å². The summed E-state index contributed by atoms with van der Waals surface area (Å²) in [5, 5.41) is 3.65. The Kier molecular flexibility index (Phi) is 5.53. The Morgan fingerprint density at radius 3 is 2.43 bits per heavy atom. The van der Waals surface area contributed by atoms with Crippen molar-refractivity contribution in [3.63, 3.8) is 0 Å². The van der Waals surface area contributed by atoms with Crippen LogP contribution in [0.15, 0.2) is 0 Å². The van der Waals surface area contributed by atoms with Gasteiger partial charge in [-0.25, -0.2) is 4.79 Å². The van der Waals surface area contributed by atoms with Crippen LogP contribution < -0.4 is 5.32 Å². The van der Waals surface area contributed by atoms with Crippen molar-refractivity contribution in [3.8, 4) is 0 Å². The molecule has 4 nitrogen and oxygen atoms in total. The normalized spacial score (nSPS) is 26.5. The highest BCUT2D eigenvalue weighted by Gasteiger charge is 2.35. The second kappa shape index (κ2) is 6.99. The van der Waals surface area contributed by atoms with Crippen molar-refractivity contribution in [3.05, 3.63) is 0 Å². The lowest BCUT2D eigenvalue weighted by atomic mass is 9.86. The summed E-state index contributed by atoms with van der Waals surface area (Å²) in [6, 6.07) is 1.03. The van der Waals surface area contributed by atoms with E-state index < -0.39 is 5.60 Å². The highest BCUT2D eigenvalue weighted by molar-refractivity contribution is 5.69. The molecule has 0 aromatic carbocycles. The fourth-order valence-electron chi connectivity index (χ4n) is 3.12. The molecule has 0 radical (unpaired) electrons. The Hall–Kier alpha value is -0.770. The Balaban J connectivity index is 1.76.